The largest absolute Gasteiger partial charge is 0.461 e. The average Bonchev–Trinajstić information content (AvgIpc) is 3.52. The van der Waals surface area contributed by atoms with Crippen LogP contribution in [0.2, 0.25) is 5.15 Å². The van der Waals surface area contributed by atoms with E-state index in [4.69, 9.17) is 25.5 Å². The van der Waals surface area contributed by atoms with Crippen LogP contribution >= 0.6 is 11.6 Å². The molecule has 0 amide bonds. The third kappa shape index (κ3) is 3.84. The zero-order chi connectivity index (χ0) is 22.1. The molecule has 0 aliphatic carbocycles. The van der Waals surface area contributed by atoms with Crippen LogP contribution in [0.4, 0.5) is 0 Å². The second-order valence-corrected chi connectivity index (χ2v) is 7.46. The molecule has 1 aromatic carbocycles. The molecule has 1 aliphatic rings. The summed E-state index contributed by atoms with van der Waals surface area (Å²) in [7, 11) is 0. The van der Waals surface area contributed by atoms with Crippen LogP contribution in [0.5, 0.6) is 0 Å². The highest BCUT2D eigenvalue weighted by Gasteiger charge is 2.36. The monoisotopic (exact) mass is 448 g/mol. The number of esters is 1. The fourth-order valence-corrected chi connectivity index (χ4v) is 3.80. The Morgan fingerprint density at radius 2 is 2.00 bits per heavy atom. The van der Waals surface area contributed by atoms with Crippen molar-refractivity contribution in [3.05, 3.63) is 65.3 Å². The third-order valence-corrected chi connectivity index (χ3v) is 5.18. The number of rotatable bonds is 3. The third-order valence-electron chi connectivity index (χ3n) is 4.91. The number of furan rings is 1. The lowest BCUT2D eigenvalue weighted by atomic mass is 10.2. The first-order chi connectivity index (χ1) is 15.6. The summed E-state index contributed by atoms with van der Waals surface area (Å²) >= 11 is 6.47. The van der Waals surface area contributed by atoms with Crippen molar-refractivity contribution >= 4 is 28.7 Å². The van der Waals surface area contributed by atoms with Gasteiger partial charge in [-0.15, -0.1) is 0 Å². The summed E-state index contributed by atoms with van der Waals surface area (Å²) in [6.45, 7) is 1.78. The number of imidazole rings is 1. The number of nitrogens with zero attached hydrogens (tertiary/aromatic N) is 4. The molecule has 2 unspecified atom stereocenters. The molecule has 1 aliphatic heterocycles. The molecule has 5 rings (SSSR count). The predicted molar refractivity (Wildman–Crippen MR) is 116 cm³/mol. The Kier molecular flexibility index (Phi) is 5.35. The topological polar surface area (TPSA) is 92.3 Å². The summed E-state index contributed by atoms with van der Waals surface area (Å²) in [6, 6.07) is 13.0. The Bertz CT molecular complexity index is 1340. The Labute approximate surface area is 188 Å². The van der Waals surface area contributed by atoms with Crippen molar-refractivity contribution in [1.29, 1.82) is 0 Å². The van der Waals surface area contributed by atoms with E-state index in [2.05, 4.69) is 26.8 Å². The van der Waals surface area contributed by atoms with Gasteiger partial charge in [-0.1, -0.05) is 35.7 Å². The van der Waals surface area contributed by atoms with Gasteiger partial charge in [-0.05, 0) is 30.2 Å². The van der Waals surface area contributed by atoms with Crippen LogP contribution in [-0.4, -0.2) is 38.2 Å². The number of halogens is 1. The highest BCUT2D eigenvalue weighted by molar-refractivity contribution is 6.33. The van der Waals surface area contributed by atoms with Gasteiger partial charge in [0.1, 0.15) is 11.6 Å². The first-order valence-corrected chi connectivity index (χ1v) is 10.3. The van der Waals surface area contributed by atoms with Crippen molar-refractivity contribution in [1.82, 2.24) is 19.5 Å². The maximum absolute atomic E-state index is 11.6. The normalized spacial score (nSPS) is 17.8. The Morgan fingerprint density at radius 1 is 1.16 bits per heavy atom. The van der Waals surface area contributed by atoms with Gasteiger partial charge in [0, 0.05) is 18.9 Å². The van der Waals surface area contributed by atoms with Gasteiger partial charge < -0.3 is 13.9 Å². The molecule has 3 aromatic heterocycles. The lowest BCUT2D eigenvalue weighted by Gasteiger charge is -2.21. The van der Waals surface area contributed by atoms with Crippen molar-refractivity contribution in [2.75, 3.05) is 6.61 Å². The highest BCUT2D eigenvalue weighted by Crippen LogP contribution is 2.36. The number of carbonyl (C=O) groups excluding carboxylic acids is 1. The Hall–Kier alpha value is -3.67. The highest BCUT2D eigenvalue weighted by atomic mass is 35.5. The summed E-state index contributed by atoms with van der Waals surface area (Å²) in [5, 5.41) is 0.154. The molecule has 4 heterocycles. The number of hydrogen-bond donors (Lipinski definition) is 0. The Morgan fingerprint density at radius 3 is 2.75 bits per heavy atom. The summed E-state index contributed by atoms with van der Waals surface area (Å²) < 4.78 is 18.7. The average molecular weight is 449 g/mol. The number of ether oxygens (including phenoxy) is 2. The van der Waals surface area contributed by atoms with E-state index in [9.17, 15) is 4.79 Å². The summed E-state index contributed by atoms with van der Waals surface area (Å²) in [5.41, 5.74) is 1.62. The molecule has 2 atom stereocenters. The quantitative estimate of drug-likeness (QED) is 0.266. The minimum atomic E-state index is -0.648. The van der Waals surface area contributed by atoms with Gasteiger partial charge in [-0.2, -0.15) is 0 Å². The summed E-state index contributed by atoms with van der Waals surface area (Å²) in [4.78, 5) is 25.2. The molecule has 0 spiro atoms. The molecule has 1 fully saturated rings. The second kappa shape index (κ2) is 8.46. The van der Waals surface area contributed by atoms with E-state index < -0.39 is 18.3 Å². The smallest absolute Gasteiger partial charge is 0.303 e. The zero-order valence-electron chi connectivity index (χ0n) is 17.0. The molecule has 4 aromatic rings. The van der Waals surface area contributed by atoms with Gasteiger partial charge in [-0.25, -0.2) is 15.0 Å². The zero-order valence-corrected chi connectivity index (χ0v) is 17.7. The number of carbonyl (C=O) groups is 1. The van der Waals surface area contributed by atoms with Crippen LogP contribution in [0.25, 0.3) is 22.7 Å². The van der Waals surface area contributed by atoms with Crippen LogP contribution in [0, 0.1) is 11.8 Å². The molecule has 9 heteroatoms. The number of benzene rings is 1. The predicted octanol–water partition coefficient (Wildman–Crippen LogP) is 3.99. The molecule has 160 valence electrons. The molecule has 32 heavy (non-hydrogen) atoms. The SMILES string of the molecule is CC(=O)OC1CCOC1n1c(-c2ccco2)nc2c(Cl)nc(C#Cc3ccccc3)nc21. The Balaban J connectivity index is 1.67. The van der Waals surface area contributed by atoms with Gasteiger partial charge in [0.25, 0.3) is 0 Å². The first kappa shape index (κ1) is 20.2. The van der Waals surface area contributed by atoms with Crippen molar-refractivity contribution in [3.8, 4) is 23.4 Å². The van der Waals surface area contributed by atoms with Crippen molar-refractivity contribution in [2.45, 2.75) is 25.7 Å². The van der Waals surface area contributed by atoms with E-state index in [1.165, 1.54) is 6.92 Å². The van der Waals surface area contributed by atoms with E-state index in [-0.39, 0.29) is 11.0 Å². The van der Waals surface area contributed by atoms with Crippen LogP contribution in [-0.2, 0) is 14.3 Å². The van der Waals surface area contributed by atoms with Crippen molar-refractivity contribution in [2.24, 2.45) is 0 Å². The minimum absolute atomic E-state index is 0.154. The van der Waals surface area contributed by atoms with Gasteiger partial charge in [0.15, 0.2) is 28.6 Å². The van der Waals surface area contributed by atoms with Gasteiger partial charge >= 0.3 is 5.97 Å². The molecular formula is C23H17ClN4O4. The van der Waals surface area contributed by atoms with Crippen LogP contribution in [0.3, 0.4) is 0 Å². The molecule has 0 saturated carbocycles. The van der Waals surface area contributed by atoms with E-state index in [0.29, 0.717) is 35.8 Å². The lowest BCUT2D eigenvalue weighted by molar-refractivity contribution is -0.151. The minimum Gasteiger partial charge on any atom is -0.461 e. The van der Waals surface area contributed by atoms with Crippen LogP contribution in [0.15, 0.2) is 53.1 Å². The fraction of sp³-hybridized carbons (Fsp3) is 0.217. The maximum Gasteiger partial charge on any atom is 0.303 e. The molecule has 0 radical (unpaired) electrons. The van der Waals surface area contributed by atoms with Crippen LogP contribution in [0.1, 0.15) is 31.0 Å². The molecule has 0 bridgehead atoms. The molecule has 0 N–H and O–H groups in total. The van der Waals surface area contributed by atoms with E-state index in [1.807, 2.05) is 30.3 Å². The molecule has 8 nitrogen and oxygen atoms in total. The van der Waals surface area contributed by atoms with Gasteiger partial charge in [0.05, 0.1) is 12.9 Å². The maximum atomic E-state index is 11.6. The molecular weight excluding hydrogens is 432 g/mol. The van der Waals surface area contributed by atoms with Crippen molar-refractivity contribution < 1.29 is 18.7 Å². The number of hydrogen-bond acceptors (Lipinski definition) is 7. The van der Waals surface area contributed by atoms with Crippen molar-refractivity contribution in [3.63, 3.8) is 0 Å². The fourth-order valence-electron chi connectivity index (χ4n) is 3.59. The lowest BCUT2D eigenvalue weighted by Crippen LogP contribution is -2.25. The van der Waals surface area contributed by atoms with Gasteiger partial charge in [-0.3, -0.25) is 9.36 Å². The number of aromatic nitrogens is 4. The van der Waals surface area contributed by atoms with Crippen LogP contribution < -0.4 is 0 Å². The second-order valence-electron chi connectivity index (χ2n) is 7.11. The van der Waals surface area contributed by atoms with E-state index >= 15 is 0 Å². The number of fused-ring (bicyclic) bond motifs is 1. The first-order valence-electron chi connectivity index (χ1n) is 9.95. The van der Waals surface area contributed by atoms with E-state index in [0.717, 1.165) is 5.56 Å². The molecule has 1 saturated heterocycles. The standard InChI is InChI=1S/C23H17ClN4O4/c1-14(29)32-17-11-13-31-23(17)28-21(16-8-5-12-30-16)27-19-20(24)25-18(26-22(19)28)10-9-15-6-3-2-4-7-15/h2-8,12,17,23H,11,13H2,1H3. The van der Waals surface area contributed by atoms with E-state index in [1.54, 1.807) is 23.0 Å². The summed E-state index contributed by atoms with van der Waals surface area (Å²) in [5.74, 6) is 6.76. The summed E-state index contributed by atoms with van der Waals surface area (Å²) in [6.07, 6.45) is 0.930. The van der Waals surface area contributed by atoms with Gasteiger partial charge in [0.2, 0.25) is 5.82 Å².